The number of carbonyl (C=O) groups excluding carboxylic acids is 2. The smallest absolute Gasteiger partial charge is 0.248 e. The summed E-state index contributed by atoms with van der Waals surface area (Å²) in [5.74, 6) is 0.0968. The molecule has 2 aliphatic rings. The predicted molar refractivity (Wildman–Crippen MR) is 70.0 cm³/mol. The van der Waals surface area contributed by atoms with Gasteiger partial charge < -0.3 is 10.2 Å². The molecule has 1 spiro atoms. The fraction of sp³-hybridized carbons (Fsp3) is 0.857. The molecule has 1 heterocycles. The highest BCUT2D eigenvalue weighted by atomic mass is 16.2. The Morgan fingerprint density at radius 1 is 1.11 bits per heavy atom. The van der Waals surface area contributed by atoms with Gasteiger partial charge in [0, 0.05) is 6.04 Å². The minimum absolute atomic E-state index is 0.0421. The zero-order chi connectivity index (χ0) is 13.6. The SMILES string of the molecule is CC(C)N1C(=O)C(C)(C)NC(=O)C12CCCCC2. The summed E-state index contributed by atoms with van der Waals surface area (Å²) in [6.07, 6.45) is 4.84. The summed E-state index contributed by atoms with van der Waals surface area (Å²) in [7, 11) is 0. The lowest BCUT2D eigenvalue weighted by molar-refractivity contribution is -0.167. The molecule has 1 aliphatic carbocycles. The third-order valence-corrected chi connectivity index (χ3v) is 4.26. The van der Waals surface area contributed by atoms with Crippen LogP contribution in [0.25, 0.3) is 0 Å². The Hall–Kier alpha value is -1.06. The number of piperazine rings is 1. The first-order valence-corrected chi connectivity index (χ1v) is 6.98. The van der Waals surface area contributed by atoms with Crippen molar-refractivity contribution in [1.29, 1.82) is 0 Å². The van der Waals surface area contributed by atoms with Crippen LogP contribution in [0, 0.1) is 0 Å². The van der Waals surface area contributed by atoms with Gasteiger partial charge in [-0.3, -0.25) is 9.59 Å². The summed E-state index contributed by atoms with van der Waals surface area (Å²) < 4.78 is 0. The van der Waals surface area contributed by atoms with Crippen LogP contribution in [0.2, 0.25) is 0 Å². The molecule has 2 fully saturated rings. The van der Waals surface area contributed by atoms with Crippen molar-refractivity contribution in [2.24, 2.45) is 0 Å². The highest BCUT2D eigenvalue weighted by Gasteiger charge is 2.55. The molecular formula is C14H24N2O2. The molecule has 0 atom stereocenters. The molecule has 0 bridgehead atoms. The molecule has 0 radical (unpaired) electrons. The zero-order valence-electron chi connectivity index (χ0n) is 11.9. The summed E-state index contributed by atoms with van der Waals surface area (Å²) in [4.78, 5) is 27.0. The van der Waals surface area contributed by atoms with Crippen LogP contribution < -0.4 is 5.32 Å². The molecule has 1 saturated heterocycles. The van der Waals surface area contributed by atoms with E-state index in [1.165, 1.54) is 6.42 Å². The lowest BCUT2D eigenvalue weighted by Gasteiger charge is -2.54. The largest absolute Gasteiger partial charge is 0.340 e. The van der Waals surface area contributed by atoms with Crippen LogP contribution >= 0.6 is 0 Å². The van der Waals surface area contributed by atoms with Crippen LogP contribution in [-0.2, 0) is 9.59 Å². The van der Waals surface area contributed by atoms with Crippen LogP contribution in [0.15, 0.2) is 0 Å². The third kappa shape index (κ3) is 1.82. The average molecular weight is 252 g/mol. The number of hydrogen-bond donors (Lipinski definition) is 1. The third-order valence-electron chi connectivity index (χ3n) is 4.26. The normalized spacial score (nSPS) is 26.6. The maximum absolute atomic E-state index is 12.6. The van der Waals surface area contributed by atoms with E-state index >= 15 is 0 Å². The van der Waals surface area contributed by atoms with Crippen molar-refractivity contribution in [3.8, 4) is 0 Å². The minimum Gasteiger partial charge on any atom is -0.340 e. The first kappa shape index (κ1) is 13.4. The molecule has 4 heteroatoms. The van der Waals surface area contributed by atoms with Crippen LogP contribution in [0.5, 0.6) is 0 Å². The zero-order valence-corrected chi connectivity index (χ0v) is 11.9. The van der Waals surface area contributed by atoms with Crippen molar-refractivity contribution in [3.05, 3.63) is 0 Å². The van der Waals surface area contributed by atoms with Crippen molar-refractivity contribution < 1.29 is 9.59 Å². The summed E-state index contributed by atoms with van der Waals surface area (Å²) in [6.45, 7) is 7.59. The molecule has 0 aromatic rings. The predicted octanol–water partition coefficient (Wildman–Crippen LogP) is 1.83. The summed E-state index contributed by atoms with van der Waals surface area (Å²) >= 11 is 0. The molecule has 4 nitrogen and oxygen atoms in total. The van der Waals surface area contributed by atoms with Crippen LogP contribution in [0.3, 0.4) is 0 Å². The van der Waals surface area contributed by atoms with Crippen molar-refractivity contribution >= 4 is 11.8 Å². The molecule has 1 aliphatic heterocycles. The van der Waals surface area contributed by atoms with Crippen molar-refractivity contribution in [2.45, 2.75) is 76.9 Å². The molecule has 18 heavy (non-hydrogen) atoms. The van der Waals surface area contributed by atoms with Gasteiger partial charge >= 0.3 is 0 Å². The number of nitrogens with zero attached hydrogens (tertiary/aromatic N) is 1. The van der Waals surface area contributed by atoms with Crippen molar-refractivity contribution in [1.82, 2.24) is 10.2 Å². The van der Waals surface area contributed by atoms with E-state index in [2.05, 4.69) is 5.32 Å². The van der Waals surface area contributed by atoms with Gasteiger partial charge in [0.25, 0.3) is 0 Å². The van der Waals surface area contributed by atoms with E-state index in [0.717, 1.165) is 25.7 Å². The molecule has 102 valence electrons. The molecule has 2 amide bonds. The van der Waals surface area contributed by atoms with Crippen LogP contribution in [-0.4, -0.2) is 33.8 Å². The highest BCUT2D eigenvalue weighted by Crippen LogP contribution is 2.39. The fourth-order valence-electron chi connectivity index (χ4n) is 3.39. The first-order chi connectivity index (χ1) is 8.31. The minimum atomic E-state index is -0.774. The van der Waals surface area contributed by atoms with Gasteiger partial charge in [-0.05, 0) is 40.5 Å². The summed E-state index contributed by atoms with van der Waals surface area (Å²) in [6, 6.07) is 0.0703. The van der Waals surface area contributed by atoms with Gasteiger partial charge in [0.15, 0.2) is 0 Å². The van der Waals surface area contributed by atoms with Gasteiger partial charge in [-0.15, -0.1) is 0 Å². The van der Waals surface area contributed by atoms with Crippen molar-refractivity contribution in [3.63, 3.8) is 0 Å². The first-order valence-electron chi connectivity index (χ1n) is 6.98. The number of amides is 2. The van der Waals surface area contributed by atoms with Gasteiger partial charge in [0.2, 0.25) is 11.8 Å². The van der Waals surface area contributed by atoms with E-state index in [4.69, 9.17) is 0 Å². The molecule has 0 aromatic heterocycles. The summed E-state index contributed by atoms with van der Waals surface area (Å²) in [5, 5.41) is 2.92. The molecule has 0 unspecified atom stereocenters. The van der Waals surface area contributed by atoms with Gasteiger partial charge in [-0.2, -0.15) is 0 Å². The highest BCUT2D eigenvalue weighted by molar-refractivity contribution is 6.02. The Morgan fingerprint density at radius 3 is 2.17 bits per heavy atom. The Kier molecular flexibility index (Phi) is 3.16. The van der Waals surface area contributed by atoms with Crippen molar-refractivity contribution in [2.75, 3.05) is 0 Å². The molecule has 1 N–H and O–H groups in total. The second kappa shape index (κ2) is 4.25. The standard InChI is InChI=1S/C14H24N2O2/c1-10(2)16-12(18)13(3,4)15-11(17)14(16)8-6-5-7-9-14/h10H,5-9H2,1-4H3,(H,15,17). The Balaban J connectivity index is 2.43. The second-order valence-electron chi connectivity index (χ2n) is 6.44. The van der Waals surface area contributed by atoms with Gasteiger partial charge in [-0.25, -0.2) is 0 Å². The molecule has 2 rings (SSSR count). The van der Waals surface area contributed by atoms with Gasteiger partial charge in [0.05, 0.1) is 0 Å². The molecule has 1 saturated carbocycles. The Morgan fingerprint density at radius 2 is 1.67 bits per heavy atom. The monoisotopic (exact) mass is 252 g/mol. The lowest BCUT2D eigenvalue weighted by Crippen LogP contribution is -2.75. The van der Waals surface area contributed by atoms with E-state index in [-0.39, 0.29) is 17.9 Å². The fourth-order valence-corrected chi connectivity index (χ4v) is 3.39. The van der Waals surface area contributed by atoms with E-state index in [9.17, 15) is 9.59 Å². The number of rotatable bonds is 1. The van der Waals surface area contributed by atoms with E-state index in [1.54, 1.807) is 13.8 Å². The molecule has 0 aromatic carbocycles. The van der Waals surface area contributed by atoms with E-state index < -0.39 is 11.1 Å². The maximum atomic E-state index is 12.6. The number of hydrogen-bond acceptors (Lipinski definition) is 2. The Bertz CT molecular complexity index is 368. The summed E-state index contributed by atoms with van der Waals surface area (Å²) in [5.41, 5.74) is -1.36. The quantitative estimate of drug-likeness (QED) is 0.774. The number of nitrogens with one attached hydrogen (secondary N) is 1. The Labute approximate surface area is 109 Å². The van der Waals surface area contributed by atoms with Crippen LogP contribution in [0.1, 0.15) is 59.8 Å². The maximum Gasteiger partial charge on any atom is 0.248 e. The lowest BCUT2D eigenvalue weighted by atomic mass is 9.75. The van der Waals surface area contributed by atoms with Gasteiger partial charge in [0.1, 0.15) is 11.1 Å². The average Bonchev–Trinajstić information content (AvgIpc) is 2.27. The topological polar surface area (TPSA) is 49.4 Å². The van der Waals surface area contributed by atoms with E-state index in [0.29, 0.717) is 0 Å². The number of carbonyl (C=O) groups is 2. The van der Waals surface area contributed by atoms with E-state index in [1.807, 2.05) is 18.7 Å². The van der Waals surface area contributed by atoms with Gasteiger partial charge in [-0.1, -0.05) is 19.3 Å². The second-order valence-corrected chi connectivity index (χ2v) is 6.44. The van der Waals surface area contributed by atoms with Crippen LogP contribution in [0.4, 0.5) is 0 Å². The molecular weight excluding hydrogens is 228 g/mol.